The summed E-state index contributed by atoms with van der Waals surface area (Å²) in [6.07, 6.45) is 0.645. The lowest BCUT2D eigenvalue weighted by atomic mass is 9.97. The van der Waals surface area contributed by atoms with E-state index in [-0.39, 0.29) is 17.6 Å². The minimum Gasteiger partial charge on any atom is -0.452 e. The van der Waals surface area contributed by atoms with Crippen molar-refractivity contribution in [3.8, 4) is 6.07 Å². The van der Waals surface area contributed by atoms with Gasteiger partial charge < -0.3 is 18.6 Å². The van der Waals surface area contributed by atoms with E-state index in [1.165, 1.54) is 0 Å². The van der Waals surface area contributed by atoms with Gasteiger partial charge in [0.25, 0.3) is 5.89 Å². The Bertz CT molecular complexity index is 798. The van der Waals surface area contributed by atoms with Crippen LogP contribution in [0.3, 0.4) is 0 Å². The summed E-state index contributed by atoms with van der Waals surface area (Å²) in [7, 11) is 0. The van der Waals surface area contributed by atoms with Crippen LogP contribution in [0.25, 0.3) is 0 Å². The number of rotatable bonds is 4. The normalized spacial score (nSPS) is 16.5. The number of nitrogens with zero attached hydrogens (tertiary/aromatic N) is 5. The number of nitriles is 1. The van der Waals surface area contributed by atoms with Gasteiger partial charge in [-0.15, -0.1) is 0 Å². The third-order valence-corrected chi connectivity index (χ3v) is 4.12. The van der Waals surface area contributed by atoms with Crippen LogP contribution in [0, 0.1) is 31.1 Å². The Hall–Kier alpha value is -2.89. The number of aromatic nitrogens is 3. The third kappa shape index (κ3) is 3.63. The monoisotopic (exact) mass is 345 g/mol. The molecule has 2 aromatic heterocycles. The van der Waals surface area contributed by atoms with Gasteiger partial charge in [-0.2, -0.15) is 10.2 Å². The number of carbonyl (C=O) groups excluding carboxylic acids is 1. The summed E-state index contributed by atoms with van der Waals surface area (Å²) in [4.78, 5) is 22.4. The molecule has 25 heavy (non-hydrogen) atoms. The van der Waals surface area contributed by atoms with E-state index in [1.54, 1.807) is 20.8 Å². The van der Waals surface area contributed by atoms with Crippen molar-refractivity contribution >= 4 is 11.9 Å². The Morgan fingerprint density at radius 3 is 2.68 bits per heavy atom. The van der Waals surface area contributed by atoms with Crippen LogP contribution in [-0.4, -0.2) is 34.2 Å². The molecule has 132 valence electrons. The van der Waals surface area contributed by atoms with Crippen molar-refractivity contribution in [2.75, 3.05) is 18.0 Å². The zero-order valence-corrected chi connectivity index (χ0v) is 14.4. The minimum atomic E-state index is -0.575. The van der Waals surface area contributed by atoms with Crippen LogP contribution in [0.1, 0.15) is 49.2 Å². The molecule has 2 aromatic rings. The number of oxazole rings is 1. The number of ether oxygens (including phenoxy) is 1. The molecule has 1 atom stereocenters. The largest absolute Gasteiger partial charge is 0.452 e. The summed E-state index contributed by atoms with van der Waals surface area (Å²) in [5.74, 6) is 1.23. The first-order valence-electron chi connectivity index (χ1n) is 8.11. The van der Waals surface area contributed by atoms with Crippen LogP contribution in [-0.2, 0) is 9.53 Å². The first-order chi connectivity index (χ1) is 12.0. The molecule has 1 fully saturated rings. The molecule has 0 bridgehead atoms. The van der Waals surface area contributed by atoms with E-state index in [0.717, 1.165) is 0 Å². The third-order valence-electron chi connectivity index (χ3n) is 4.12. The lowest BCUT2D eigenvalue weighted by Gasteiger charge is -2.30. The second-order valence-corrected chi connectivity index (χ2v) is 6.02. The quantitative estimate of drug-likeness (QED) is 0.767. The second kappa shape index (κ2) is 6.93. The topological polar surface area (TPSA) is 118 Å². The maximum absolute atomic E-state index is 12.3. The van der Waals surface area contributed by atoms with Crippen LogP contribution in [0.5, 0.6) is 0 Å². The van der Waals surface area contributed by atoms with Crippen LogP contribution in [0.15, 0.2) is 8.94 Å². The number of esters is 1. The van der Waals surface area contributed by atoms with Gasteiger partial charge in [0.05, 0.1) is 5.92 Å². The molecule has 0 aromatic carbocycles. The number of carbonyl (C=O) groups is 1. The average molecular weight is 345 g/mol. The van der Waals surface area contributed by atoms with E-state index >= 15 is 0 Å². The SMILES string of the molecule is Cc1noc([C@@H](C)OC(=O)C2CCN(c3oc(C)nc3C#N)CC2)n1. The fourth-order valence-electron chi connectivity index (χ4n) is 2.82. The minimum absolute atomic E-state index is 0.211. The summed E-state index contributed by atoms with van der Waals surface area (Å²) in [5.41, 5.74) is 0.277. The summed E-state index contributed by atoms with van der Waals surface area (Å²) < 4.78 is 16.0. The molecule has 0 saturated carbocycles. The summed E-state index contributed by atoms with van der Waals surface area (Å²) in [6, 6.07) is 2.03. The maximum atomic E-state index is 12.3. The maximum Gasteiger partial charge on any atom is 0.309 e. The summed E-state index contributed by atoms with van der Waals surface area (Å²) >= 11 is 0. The smallest absolute Gasteiger partial charge is 0.309 e. The average Bonchev–Trinajstić information content (AvgIpc) is 3.20. The molecule has 3 heterocycles. The van der Waals surface area contributed by atoms with E-state index in [9.17, 15) is 4.79 Å². The van der Waals surface area contributed by atoms with E-state index < -0.39 is 6.10 Å². The van der Waals surface area contributed by atoms with Crippen LogP contribution < -0.4 is 4.90 Å². The van der Waals surface area contributed by atoms with E-state index in [0.29, 0.717) is 49.4 Å². The highest BCUT2D eigenvalue weighted by Crippen LogP contribution is 2.28. The molecular formula is C16H19N5O4. The number of hydrogen-bond acceptors (Lipinski definition) is 9. The van der Waals surface area contributed by atoms with Crippen molar-refractivity contribution < 1.29 is 18.5 Å². The van der Waals surface area contributed by atoms with E-state index in [2.05, 4.69) is 15.1 Å². The Kier molecular flexibility index (Phi) is 4.70. The Morgan fingerprint density at radius 2 is 2.08 bits per heavy atom. The number of aryl methyl sites for hydroxylation is 2. The van der Waals surface area contributed by atoms with Gasteiger partial charge in [0.2, 0.25) is 11.6 Å². The standard InChI is InChI=1S/C16H19N5O4/c1-9(14-18-10(2)20-25-14)23-16(22)12-4-6-21(7-5-12)15-13(8-17)19-11(3)24-15/h9,12H,4-7H2,1-3H3/t9-/m1/s1. The number of anilines is 1. The highest BCUT2D eigenvalue weighted by atomic mass is 16.6. The molecule has 1 aliphatic rings. The highest BCUT2D eigenvalue weighted by Gasteiger charge is 2.31. The molecule has 0 radical (unpaired) electrons. The van der Waals surface area contributed by atoms with Gasteiger partial charge in [-0.25, -0.2) is 4.98 Å². The predicted octanol–water partition coefficient (Wildman–Crippen LogP) is 2.07. The molecule has 9 heteroatoms. The summed E-state index contributed by atoms with van der Waals surface area (Å²) in [6.45, 7) is 6.30. The molecule has 1 saturated heterocycles. The predicted molar refractivity (Wildman–Crippen MR) is 84.4 cm³/mol. The van der Waals surface area contributed by atoms with E-state index in [1.807, 2.05) is 11.0 Å². The van der Waals surface area contributed by atoms with Gasteiger partial charge in [-0.3, -0.25) is 4.79 Å². The Morgan fingerprint density at radius 1 is 1.36 bits per heavy atom. The number of piperidine rings is 1. The first-order valence-corrected chi connectivity index (χ1v) is 8.11. The van der Waals surface area contributed by atoms with Gasteiger partial charge in [0, 0.05) is 20.0 Å². The molecular weight excluding hydrogens is 326 g/mol. The van der Waals surface area contributed by atoms with Gasteiger partial charge in [-0.1, -0.05) is 5.16 Å². The zero-order valence-electron chi connectivity index (χ0n) is 14.4. The second-order valence-electron chi connectivity index (χ2n) is 6.02. The zero-order chi connectivity index (χ0) is 18.0. The molecule has 0 amide bonds. The van der Waals surface area contributed by atoms with Crippen LogP contribution in [0.4, 0.5) is 5.88 Å². The molecule has 9 nitrogen and oxygen atoms in total. The van der Waals surface area contributed by atoms with Gasteiger partial charge >= 0.3 is 5.97 Å². The van der Waals surface area contributed by atoms with Gasteiger partial charge in [0.1, 0.15) is 6.07 Å². The molecule has 3 rings (SSSR count). The van der Waals surface area contributed by atoms with Crippen LogP contribution >= 0.6 is 0 Å². The highest BCUT2D eigenvalue weighted by molar-refractivity contribution is 5.73. The first kappa shape index (κ1) is 17.0. The van der Waals surface area contributed by atoms with Crippen molar-refractivity contribution in [2.45, 2.75) is 39.7 Å². The number of hydrogen-bond donors (Lipinski definition) is 0. The van der Waals surface area contributed by atoms with E-state index in [4.69, 9.17) is 18.9 Å². The molecule has 0 aliphatic carbocycles. The fourth-order valence-corrected chi connectivity index (χ4v) is 2.82. The Balaban J connectivity index is 1.56. The van der Waals surface area contributed by atoms with Crippen molar-refractivity contribution in [1.29, 1.82) is 5.26 Å². The lowest BCUT2D eigenvalue weighted by molar-refractivity contribution is -0.155. The van der Waals surface area contributed by atoms with Crippen LogP contribution in [0.2, 0.25) is 0 Å². The Labute approximate surface area is 144 Å². The van der Waals surface area contributed by atoms with Gasteiger partial charge in [0.15, 0.2) is 17.8 Å². The summed E-state index contributed by atoms with van der Waals surface area (Å²) in [5, 5.41) is 12.8. The molecule has 0 spiro atoms. The van der Waals surface area contributed by atoms with Crippen molar-refractivity contribution in [2.24, 2.45) is 5.92 Å². The molecule has 0 N–H and O–H groups in total. The lowest BCUT2D eigenvalue weighted by Crippen LogP contribution is -2.37. The molecule has 1 aliphatic heterocycles. The van der Waals surface area contributed by atoms with Gasteiger partial charge in [-0.05, 0) is 26.7 Å². The van der Waals surface area contributed by atoms with Crippen molar-refractivity contribution in [3.05, 3.63) is 23.3 Å². The fraction of sp³-hybridized carbons (Fsp3) is 0.562. The van der Waals surface area contributed by atoms with Crippen molar-refractivity contribution in [3.63, 3.8) is 0 Å². The van der Waals surface area contributed by atoms with Crippen molar-refractivity contribution in [1.82, 2.24) is 15.1 Å². The molecule has 0 unspecified atom stereocenters.